The van der Waals surface area contributed by atoms with Gasteiger partial charge in [-0.25, -0.2) is 0 Å². The first-order chi connectivity index (χ1) is 10.3. The lowest BCUT2D eigenvalue weighted by Gasteiger charge is -2.27. The molecule has 0 aliphatic carbocycles. The van der Waals surface area contributed by atoms with Crippen molar-refractivity contribution in [3.05, 3.63) is 48.0 Å². The highest BCUT2D eigenvalue weighted by atomic mass is 16.1. The Morgan fingerprint density at radius 2 is 1.86 bits per heavy atom. The van der Waals surface area contributed by atoms with Crippen LogP contribution in [0.3, 0.4) is 0 Å². The molecule has 0 unspecified atom stereocenters. The maximum absolute atomic E-state index is 12.4. The Bertz CT molecular complexity index is 615. The molecule has 1 heterocycles. The smallest absolute Gasteiger partial charge is 0.251 e. The van der Waals surface area contributed by atoms with Gasteiger partial charge >= 0.3 is 0 Å². The second-order valence-electron chi connectivity index (χ2n) is 5.37. The third-order valence-electron chi connectivity index (χ3n) is 3.96. The number of rotatable bonds is 4. The van der Waals surface area contributed by atoms with Gasteiger partial charge in [-0.1, -0.05) is 36.4 Å². The lowest BCUT2D eigenvalue weighted by atomic mass is 10.0. The number of nitrogens with zero attached hydrogens (tertiary/aromatic N) is 1. The molecule has 0 spiro atoms. The molecule has 0 saturated carbocycles. The zero-order chi connectivity index (χ0) is 14.5. The van der Waals surface area contributed by atoms with Crippen LogP contribution >= 0.6 is 0 Å². The van der Waals surface area contributed by atoms with Crippen molar-refractivity contribution in [1.82, 2.24) is 15.5 Å². The van der Waals surface area contributed by atoms with Gasteiger partial charge in [-0.3, -0.25) is 9.69 Å². The number of fused-ring (bicyclic) bond motifs is 1. The molecule has 1 fully saturated rings. The van der Waals surface area contributed by atoms with E-state index in [4.69, 9.17) is 0 Å². The molecule has 21 heavy (non-hydrogen) atoms. The number of piperazine rings is 1. The predicted molar refractivity (Wildman–Crippen MR) is 85.6 cm³/mol. The van der Waals surface area contributed by atoms with Gasteiger partial charge in [-0.05, 0) is 16.8 Å². The van der Waals surface area contributed by atoms with Crippen LogP contribution in [0.25, 0.3) is 10.8 Å². The standard InChI is InChI=1S/C17H21N3O/c21-17(19-10-13-20-11-8-18-9-12-20)16-7-3-5-14-4-1-2-6-15(14)16/h1-7,18H,8-13H2,(H,19,21). The molecule has 1 saturated heterocycles. The van der Waals surface area contributed by atoms with Gasteiger partial charge in [0.1, 0.15) is 0 Å². The lowest BCUT2D eigenvalue weighted by molar-refractivity contribution is 0.0949. The minimum atomic E-state index is 0.0157. The highest BCUT2D eigenvalue weighted by molar-refractivity contribution is 6.06. The SMILES string of the molecule is O=C(NCCN1CCNCC1)c1cccc2ccccc12. The molecule has 0 aromatic heterocycles. The predicted octanol–water partition coefficient (Wildman–Crippen LogP) is 1.47. The van der Waals surface area contributed by atoms with Crippen molar-refractivity contribution in [2.24, 2.45) is 0 Å². The Labute approximate surface area is 125 Å². The number of hydrogen-bond donors (Lipinski definition) is 2. The van der Waals surface area contributed by atoms with E-state index in [-0.39, 0.29) is 5.91 Å². The normalized spacial score (nSPS) is 16.0. The molecule has 1 aliphatic heterocycles. The van der Waals surface area contributed by atoms with Gasteiger partial charge in [0.25, 0.3) is 5.91 Å². The average Bonchev–Trinajstić information content (AvgIpc) is 2.55. The molecule has 2 N–H and O–H groups in total. The van der Waals surface area contributed by atoms with Crippen LogP contribution in [0.15, 0.2) is 42.5 Å². The van der Waals surface area contributed by atoms with E-state index in [2.05, 4.69) is 15.5 Å². The van der Waals surface area contributed by atoms with Crippen molar-refractivity contribution in [3.63, 3.8) is 0 Å². The summed E-state index contributed by atoms with van der Waals surface area (Å²) in [5.74, 6) is 0.0157. The fraction of sp³-hybridized carbons (Fsp3) is 0.353. The van der Waals surface area contributed by atoms with Crippen molar-refractivity contribution in [1.29, 1.82) is 0 Å². The molecule has 0 bridgehead atoms. The summed E-state index contributed by atoms with van der Waals surface area (Å²) in [6.07, 6.45) is 0. The zero-order valence-corrected chi connectivity index (χ0v) is 12.1. The Balaban J connectivity index is 1.61. The third kappa shape index (κ3) is 3.40. The Morgan fingerprint density at radius 1 is 1.10 bits per heavy atom. The van der Waals surface area contributed by atoms with E-state index in [1.54, 1.807) is 0 Å². The molecule has 4 heteroatoms. The molecule has 4 nitrogen and oxygen atoms in total. The minimum absolute atomic E-state index is 0.0157. The summed E-state index contributed by atoms with van der Waals surface area (Å²) < 4.78 is 0. The van der Waals surface area contributed by atoms with E-state index in [1.165, 1.54) is 0 Å². The van der Waals surface area contributed by atoms with Crippen molar-refractivity contribution >= 4 is 16.7 Å². The third-order valence-corrected chi connectivity index (χ3v) is 3.96. The highest BCUT2D eigenvalue weighted by Gasteiger charge is 2.11. The quantitative estimate of drug-likeness (QED) is 0.893. The average molecular weight is 283 g/mol. The van der Waals surface area contributed by atoms with Crippen LogP contribution in [0.2, 0.25) is 0 Å². The van der Waals surface area contributed by atoms with Crippen LogP contribution in [0.4, 0.5) is 0 Å². The van der Waals surface area contributed by atoms with Crippen molar-refractivity contribution in [2.75, 3.05) is 39.3 Å². The number of carbonyl (C=O) groups is 1. The van der Waals surface area contributed by atoms with Gasteiger partial charge in [0.2, 0.25) is 0 Å². The first-order valence-corrected chi connectivity index (χ1v) is 7.53. The summed E-state index contributed by atoms with van der Waals surface area (Å²) in [4.78, 5) is 14.7. The maximum Gasteiger partial charge on any atom is 0.251 e. The van der Waals surface area contributed by atoms with Gasteiger partial charge in [-0.15, -0.1) is 0 Å². The van der Waals surface area contributed by atoms with Crippen LogP contribution in [0.5, 0.6) is 0 Å². The maximum atomic E-state index is 12.4. The van der Waals surface area contributed by atoms with Gasteiger partial charge in [0, 0.05) is 44.8 Å². The van der Waals surface area contributed by atoms with E-state index in [0.717, 1.165) is 49.1 Å². The Hall–Kier alpha value is -1.91. The van der Waals surface area contributed by atoms with Crippen molar-refractivity contribution in [2.45, 2.75) is 0 Å². The molecule has 2 aromatic carbocycles. The van der Waals surface area contributed by atoms with Gasteiger partial charge in [-0.2, -0.15) is 0 Å². The van der Waals surface area contributed by atoms with Crippen LogP contribution in [-0.2, 0) is 0 Å². The second kappa shape index (κ2) is 6.70. The number of benzene rings is 2. The largest absolute Gasteiger partial charge is 0.351 e. The molecular formula is C17H21N3O. The van der Waals surface area contributed by atoms with Gasteiger partial charge < -0.3 is 10.6 Å². The summed E-state index contributed by atoms with van der Waals surface area (Å²) in [6, 6.07) is 13.9. The minimum Gasteiger partial charge on any atom is -0.351 e. The number of nitrogens with one attached hydrogen (secondary N) is 2. The Morgan fingerprint density at radius 3 is 2.71 bits per heavy atom. The molecule has 110 valence electrons. The summed E-state index contributed by atoms with van der Waals surface area (Å²) in [5, 5.41) is 8.49. The molecule has 0 radical (unpaired) electrons. The fourth-order valence-electron chi connectivity index (χ4n) is 2.78. The van der Waals surface area contributed by atoms with Crippen LogP contribution < -0.4 is 10.6 Å². The highest BCUT2D eigenvalue weighted by Crippen LogP contribution is 2.18. The number of hydrogen-bond acceptors (Lipinski definition) is 3. The molecule has 1 amide bonds. The van der Waals surface area contributed by atoms with E-state index in [9.17, 15) is 4.79 Å². The van der Waals surface area contributed by atoms with Crippen molar-refractivity contribution < 1.29 is 4.79 Å². The molecule has 3 rings (SSSR count). The van der Waals surface area contributed by atoms with E-state index in [1.807, 2.05) is 42.5 Å². The summed E-state index contributed by atoms with van der Waals surface area (Å²) in [6.45, 7) is 5.81. The van der Waals surface area contributed by atoms with E-state index in [0.29, 0.717) is 6.54 Å². The number of carbonyl (C=O) groups excluding carboxylic acids is 1. The molecule has 2 aromatic rings. The first-order valence-electron chi connectivity index (χ1n) is 7.53. The molecule has 0 atom stereocenters. The Kier molecular flexibility index (Phi) is 4.48. The zero-order valence-electron chi connectivity index (χ0n) is 12.1. The van der Waals surface area contributed by atoms with Crippen LogP contribution in [-0.4, -0.2) is 50.1 Å². The second-order valence-corrected chi connectivity index (χ2v) is 5.37. The van der Waals surface area contributed by atoms with Crippen LogP contribution in [0, 0.1) is 0 Å². The first kappa shape index (κ1) is 14.0. The number of amides is 1. The summed E-state index contributed by atoms with van der Waals surface area (Å²) >= 11 is 0. The molecular weight excluding hydrogens is 262 g/mol. The fourth-order valence-corrected chi connectivity index (χ4v) is 2.78. The monoisotopic (exact) mass is 283 g/mol. The van der Waals surface area contributed by atoms with Gasteiger partial charge in [0.15, 0.2) is 0 Å². The van der Waals surface area contributed by atoms with E-state index < -0.39 is 0 Å². The van der Waals surface area contributed by atoms with Gasteiger partial charge in [0.05, 0.1) is 0 Å². The summed E-state index contributed by atoms with van der Waals surface area (Å²) in [7, 11) is 0. The van der Waals surface area contributed by atoms with Crippen LogP contribution in [0.1, 0.15) is 10.4 Å². The summed E-state index contributed by atoms with van der Waals surface area (Å²) in [5.41, 5.74) is 0.758. The lowest BCUT2D eigenvalue weighted by Crippen LogP contribution is -2.46. The van der Waals surface area contributed by atoms with E-state index >= 15 is 0 Å². The topological polar surface area (TPSA) is 44.4 Å². The molecule has 1 aliphatic rings. The van der Waals surface area contributed by atoms with Crippen molar-refractivity contribution in [3.8, 4) is 0 Å².